The summed E-state index contributed by atoms with van der Waals surface area (Å²) < 4.78 is 4.69. The van der Waals surface area contributed by atoms with Crippen molar-refractivity contribution in [1.29, 1.82) is 0 Å². The number of ether oxygens (including phenoxy) is 1. The second-order valence-corrected chi connectivity index (χ2v) is 3.61. The molecule has 0 fully saturated rings. The van der Waals surface area contributed by atoms with Gasteiger partial charge in [-0.1, -0.05) is 0 Å². The number of carbonyl (C=O) groups is 1. The lowest BCUT2D eigenvalue weighted by molar-refractivity contribution is -0.157. The molecule has 0 bridgehead atoms. The van der Waals surface area contributed by atoms with Crippen LogP contribution in [0, 0.1) is 0 Å². The summed E-state index contributed by atoms with van der Waals surface area (Å²) in [4.78, 5) is 10.4. The summed E-state index contributed by atoms with van der Waals surface area (Å²) in [5, 5.41) is 53.9. The minimum atomic E-state index is -1.75. The van der Waals surface area contributed by atoms with Crippen LogP contribution < -0.4 is 0 Å². The SMILES string of the molecule is C[C@H](OC[C@@H](O)[C@H](O)[C@H](O)[C@@H](O)CO)C(=O)O. The molecule has 8 heteroatoms. The lowest BCUT2D eigenvalue weighted by atomic mass is 10.0. The topological polar surface area (TPSA) is 148 Å². The molecule has 0 aliphatic heterocycles. The van der Waals surface area contributed by atoms with Crippen molar-refractivity contribution in [3.63, 3.8) is 0 Å². The fourth-order valence-corrected chi connectivity index (χ4v) is 0.976. The smallest absolute Gasteiger partial charge is 0.332 e. The molecule has 5 atom stereocenters. The molecule has 0 aliphatic carbocycles. The Morgan fingerprint density at radius 2 is 1.59 bits per heavy atom. The normalized spacial score (nSPS) is 20.4. The Morgan fingerprint density at radius 1 is 1.12 bits per heavy atom. The van der Waals surface area contributed by atoms with Crippen LogP contribution in [-0.2, 0) is 9.53 Å². The van der Waals surface area contributed by atoms with E-state index in [1.54, 1.807) is 0 Å². The molecule has 0 aromatic heterocycles. The number of aliphatic hydroxyl groups is 5. The van der Waals surface area contributed by atoms with Crippen LogP contribution >= 0.6 is 0 Å². The quantitative estimate of drug-likeness (QED) is 0.267. The minimum Gasteiger partial charge on any atom is -0.479 e. The molecule has 6 N–H and O–H groups in total. The van der Waals surface area contributed by atoms with Gasteiger partial charge in [0.25, 0.3) is 0 Å². The highest BCUT2D eigenvalue weighted by Gasteiger charge is 2.30. The van der Waals surface area contributed by atoms with Crippen molar-refractivity contribution >= 4 is 5.97 Å². The molecule has 0 saturated heterocycles. The maximum absolute atomic E-state index is 10.4. The third kappa shape index (κ3) is 5.39. The second-order valence-electron chi connectivity index (χ2n) is 3.61. The first-order valence-electron chi connectivity index (χ1n) is 4.98. The number of hydrogen-bond acceptors (Lipinski definition) is 7. The van der Waals surface area contributed by atoms with Gasteiger partial charge in [-0.2, -0.15) is 0 Å². The molecular formula is C9H18O8. The van der Waals surface area contributed by atoms with Crippen LogP contribution in [0.1, 0.15) is 6.92 Å². The van der Waals surface area contributed by atoms with Crippen LogP contribution in [0.4, 0.5) is 0 Å². The molecule has 0 spiro atoms. The van der Waals surface area contributed by atoms with E-state index in [9.17, 15) is 20.1 Å². The summed E-state index contributed by atoms with van der Waals surface area (Å²) >= 11 is 0. The van der Waals surface area contributed by atoms with Gasteiger partial charge in [-0.3, -0.25) is 0 Å². The second kappa shape index (κ2) is 7.54. The highest BCUT2D eigenvalue weighted by molar-refractivity contribution is 5.71. The number of hydrogen-bond donors (Lipinski definition) is 6. The number of carboxylic acid groups (broad SMARTS) is 1. The average molecular weight is 254 g/mol. The van der Waals surface area contributed by atoms with Gasteiger partial charge in [-0.25, -0.2) is 4.79 Å². The average Bonchev–Trinajstić information content (AvgIpc) is 2.32. The minimum absolute atomic E-state index is 0.524. The van der Waals surface area contributed by atoms with Crippen molar-refractivity contribution in [2.24, 2.45) is 0 Å². The first-order chi connectivity index (χ1) is 7.81. The largest absolute Gasteiger partial charge is 0.479 e. The zero-order valence-corrected chi connectivity index (χ0v) is 9.30. The standard InChI is InChI=1S/C9H18O8/c1-4(9(15)16)17-3-6(12)8(14)7(13)5(11)2-10/h4-8,10-14H,2-3H2,1H3,(H,15,16)/t4-,5-,6+,7+,8-/m0/s1. The van der Waals surface area contributed by atoms with Gasteiger partial charge < -0.3 is 35.4 Å². The van der Waals surface area contributed by atoms with E-state index in [0.717, 1.165) is 0 Å². The fourth-order valence-electron chi connectivity index (χ4n) is 0.976. The molecule has 0 rings (SSSR count). The lowest BCUT2D eigenvalue weighted by Crippen LogP contribution is -2.47. The summed E-state index contributed by atoms with van der Waals surface area (Å²) in [5.41, 5.74) is 0. The van der Waals surface area contributed by atoms with Gasteiger partial charge in [-0.15, -0.1) is 0 Å². The van der Waals surface area contributed by atoms with Crippen LogP contribution in [0.2, 0.25) is 0 Å². The molecule has 0 amide bonds. The van der Waals surface area contributed by atoms with E-state index < -0.39 is 49.7 Å². The third-order valence-electron chi connectivity index (χ3n) is 2.19. The van der Waals surface area contributed by atoms with Crippen LogP contribution in [0.15, 0.2) is 0 Å². The van der Waals surface area contributed by atoms with E-state index in [1.807, 2.05) is 0 Å². The van der Waals surface area contributed by atoms with Gasteiger partial charge in [0.2, 0.25) is 0 Å². The van der Waals surface area contributed by atoms with Crippen molar-refractivity contribution in [3.05, 3.63) is 0 Å². The fraction of sp³-hybridized carbons (Fsp3) is 0.889. The van der Waals surface area contributed by atoms with E-state index in [-0.39, 0.29) is 0 Å². The molecule has 0 aliphatic rings. The lowest BCUT2D eigenvalue weighted by Gasteiger charge is -2.25. The molecule has 17 heavy (non-hydrogen) atoms. The Hall–Kier alpha value is -0.770. The summed E-state index contributed by atoms with van der Waals surface area (Å²) in [6, 6.07) is 0. The van der Waals surface area contributed by atoms with E-state index in [4.69, 9.17) is 15.3 Å². The van der Waals surface area contributed by atoms with Gasteiger partial charge in [0.15, 0.2) is 6.10 Å². The zero-order valence-electron chi connectivity index (χ0n) is 9.30. The number of rotatable bonds is 8. The molecule has 0 heterocycles. The maximum atomic E-state index is 10.4. The third-order valence-corrected chi connectivity index (χ3v) is 2.19. The Balaban J connectivity index is 4.13. The summed E-state index contributed by atoms with van der Waals surface area (Å²) in [5.74, 6) is -1.23. The van der Waals surface area contributed by atoms with Gasteiger partial charge in [0.1, 0.15) is 24.4 Å². The van der Waals surface area contributed by atoms with E-state index in [2.05, 4.69) is 4.74 Å². The molecule has 0 saturated carbocycles. The number of aliphatic hydroxyl groups excluding tert-OH is 5. The summed E-state index contributed by atoms with van der Waals surface area (Å²) in [6.07, 6.45) is -7.85. The Bertz CT molecular complexity index is 233. The monoisotopic (exact) mass is 254 g/mol. The maximum Gasteiger partial charge on any atom is 0.332 e. The van der Waals surface area contributed by atoms with Crippen molar-refractivity contribution in [2.75, 3.05) is 13.2 Å². The highest BCUT2D eigenvalue weighted by atomic mass is 16.5. The zero-order chi connectivity index (χ0) is 13.6. The Labute approximate surface area is 97.7 Å². The molecule has 0 aromatic rings. The van der Waals surface area contributed by atoms with E-state index in [1.165, 1.54) is 6.92 Å². The Morgan fingerprint density at radius 3 is 2.00 bits per heavy atom. The molecule has 0 aromatic carbocycles. The van der Waals surface area contributed by atoms with Crippen LogP contribution in [0.25, 0.3) is 0 Å². The van der Waals surface area contributed by atoms with Gasteiger partial charge in [0, 0.05) is 0 Å². The van der Waals surface area contributed by atoms with E-state index >= 15 is 0 Å². The van der Waals surface area contributed by atoms with Crippen molar-refractivity contribution in [3.8, 4) is 0 Å². The molecule has 102 valence electrons. The molecule has 0 unspecified atom stereocenters. The van der Waals surface area contributed by atoms with Crippen LogP contribution in [0.3, 0.4) is 0 Å². The molecular weight excluding hydrogens is 236 g/mol. The van der Waals surface area contributed by atoms with Crippen molar-refractivity contribution in [2.45, 2.75) is 37.4 Å². The highest BCUT2D eigenvalue weighted by Crippen LogP contribution is 2.06. The van der Waals surface area contributed by atoms with Crippen molar-refractivity contribution in [1.82, 2.24) is 0 Å². The Kier molecular flexibility index (Phi) is 7.19. The number of aliphatic carboxylic acids is 1. The molecule has 8 nitrogen and oxygen atoms in total. The first kappa shape index (κ1) is 16.2. The van der Waals surface area contributed by atoms with Gasteiger partial charge >= 0.3 is 5.97 Å². The molecule has 0 radical (unpaired) electrons. The van der Waals surface area contributed by atoms with Crippen LogP contribution in [-0.4, -0.2) is 80.3 Å². The van der Waals surface area contributed by atoms with Crippen LogP contribution in [0.5, 0.6) is 0 Å². The predicted octanol–water partition coefficient (Wildman–Crippen LogP) is -3.09. The van der Waals surface area contributed by atoms with Gasteiger partial charge in [-0.05, 0) is 6.92 Å². The van der Waals surface area contributed by atoms with E-state index in [0.29, 0.717) is 0 Å². The number of carboxylic acids is 1. The predicted molar refractivity (Wildman–Crippen MR) is 54.2 cm³/mol. The first-order valence-corrected chi connectivity index (χ1v) is 4.98. The summed E-state index contributed by atoms with van der Waals surface area (Å²) in [7, 11) is 0. The summed E-state index contributed by atoms with van der Waals surface area (Å²) in [6.45, 7) is -0.0678. The van der Waals surface area contributed by atoms with Crippen molar-refractivity contribution < 1.29 is 40.2 Å². The van der Waals surface area contributed by atoms with Gasteiger partial charge in [0.05, 0.1) is 13.2 Å².